The number of rotatable bonds is 4. The van der Waals surface area contributed by atoms with Gasteiger partial charge in [0.05, 0.1) is 5.56 Å². The van der Waals surface area contributed by atoms with Gasteiger partial charge in [-0.25, -0.2) is 0 Å². The van der Waals surface area contributed by atoms with Crippen LogP contribution in [-0.2, 0) is 0 Å². The first-order chi connectivity index (χ1) is 7.19. The summed E-state index contributed by atoms with van der Waals surface area (Å²) in [6, 6.07) is 7.56. The summed E-state index contributed by atoms with van der Waals surface area (Å²) in [7, 11) is 0. The summed E-state index contributed by atoms with van der Waals surface area (Å²) in [5.74, 6) is -0.0575. The lowest BCUT2D eigenvalue weighted by Crippen LogP contribution is -2.37. The molecule has 16 heavy (non-hydrogen) atoms. The molecule has 1 aromatic carbocycles. The molecule has 0 aliphatic heterocycles. The fraction of sp³-hybridized carbons (Fsp3) is 0.364. The van der Waals surface area contributed by atoms with Crippen LogP contribution in [0.2, 0.25) is 0 Å². The molecular weight excluding hydrogens is 244 g/mol. The molecule has 3 N–H and O–H groups in total. The fourth-order valence-electron chi connectivity index (χ4n) is 1.19. The number of benzene rings is 1. The number of amides is 1. The highest BCUT2D eigenvalue weighted by atomic mass is 35.5. The molecule has 0 fully saturated rings. The molecule has 3 nitrogen and oxygen atoms in total. The highest BCUT2D eigenvalue weighted by Crippen LogP contribution is 2.19. The number of hydrogen-bond acceptors (Lipinski definition) is 3. The zero-order valence-electron chi connectivity index (χ0n) is 9.40. The molecule has 1 aromatic rings. The predicted molar refractivity (Wildman–Crippen MR) is 71.5 cm³/mol. The Kier molecular flexibility index (Phi) is 7.21. The largest absolute Gasteiger partial charge is 0.348 e. The third-order valence-corrected chi connectivity index (χ3v) is 2.88. The van der Waals surface area contributed by atoms with Crippen molar-refractivity contribution in [3.63, 3.8) is 0 Å². The number of hydrogen-bond donors (Lipinski definition) is 2. The van der Waals surface area contributed by atoms with Crippen molar-refractivity contribution in [2.75, 3.05) is 12.8 Å². The van der Waals surface area contributed by atoms with E-state index >= 15 is 0 Å². The topological polar surface area (TPSA) is 55.1 Å². The molecule has 0 radical (unpaired) electrons. The average molecular weight is 261 g/mol. The second kappa shape index (κ2) is 7.54. The lowest BCUT2D eigenvalue weighted by molar-refractivity contribution is 0.0938. The van der Waals surface area contributed by atoms with E-state index in [0.717, 1.165) is 4.90 Å². The molecular formula is C11H17ClN2OS. The first kappa shape index (κ1) is 15.3. The van der Waals surface area contributed by atoms with Crippen molar-refractivity contribution >= 4 is 30.1 Å². The fourth-order valence-corrected chi connectivity index (χ4v) is 1.79. The van der Waals surface area contributed by atoms with E-state index in [2.05, 4.69) is 5.32 Å². The van der Waals surface area contributed by atoms with Crippen LogP contribution < -0.4 is 11.1 Å². The number of carbonyl (C=O) groups is 1. The van der Waals surface area contributed by atoms with Crippen molar-refractivity contribution < 1.29 is 4.79 Å². The smallest absolute Gasteiger partial charge is 0.252 e. The van der Waals surface area contributed by atoms with Crippen molar-refractivity contribution in [3.8, 4) is 0 Å². The summed E-state index contributed by atoms with van der Waals surface area (Å²) in [5, 5.41) is 2.84. The van der Waals surface area contributed by atoms with Crippen LogP contribution in [0.25, 0.3) is 0 Å². The maximum absolute atomic E-state index is 11.8. The Morgan fingerprint density at radius 2 is 2.12 bits per heavy atom. The van der Waals surface area contributed by atoms with Gasteiger partial charge in [-0.3, -0.25) is 4.79 Å². The van der Waals surface area contributed by atoms with E-state index in [1.807, 2.05) is 37.4 Å². The van der Waals surface area contributed by atoms with E-state index in [1.165, 1.54) is 0 Å². The Labute approximate surface area is 107 Å². The van der Waals surface area contributed by atoms with Gasteiger partial charge in [0.25, 0.3) is 5.91 Å². The average Bonchev–Trinajstić information content (AvgIpc) is 2.28. The first-order valence-corrected chi connectivity index (χ1v) is 6.05. The van der Waals surface area contributed by atoms with E-state index in [9.17, 15) is 4.79 Å². The van der Waals surface area contributed by atoms with Crippen LogP contribution in [-0.4, -0.2) is 24.7 Å². The minimum absolute atomic E-state index is 0. The van der Waals surface area contributed by atoms with Gasteiger partial charge in [-0.05, 0) is 25.3 Å². The van der Waals surface area contributed by atoms with Crippen LogP contribution in [0.5, 0.6) is 0 Å². The maximum Gasteiger partial charge on any atom is 0.252 e. The third-order valence-electron chi connectivity index (χ3n) is 2.08. The van der Waals surface area contributed by atoms with Crippen LogP contribution in [0, 0.1) is 0 Å². The molecule has 0 saturated carbocycles. The van der Waals surface area contributed by atoms with Gasteiger partial charge in [0.15, 0.2) is 0 Å². The Morgan fingerprint density at radius 3 is 2.69 bits per heavy atom. The van der Waals surface area contributed by atoms with Crippen molar-refractivity contribution in [3.05, 3.63) is 29.8 Å². The molecule has 0 unspecified atom stereocenters. The molecule has 0 aliphatic rings. The van der Waals surface area contributed by atoms with Gasteiger partial charge in [-0.1, -0.05) is 12.1 Å². The van der Waals surface area contributed by atoms with E-state index in [-0.39, 0.29) is 24.4 Å². The predicted octanol–water partition coefficient (Wildman–Crippen LogP) is 1.91. The molecule has 0 aliphatic carbocycles. The zero-order chi connectivity index (χ0) is 11.3. The Hall–Kier alpha value is -0.710. The number of thioether (sulfide) groups is 1. The number of halogens is 1. The van der Waals surface area contributed by atoms with Gasteiger partial charge in [0, 0.05) is 17.5 Å². The summed E-state index contributed by atoms with van der Waals surface area (Å²) in [4.78, 5) is 12.8. The molecule has 5 heteroatoms. The van der Waals surface area contributed by atoms with E-state index in [0.29, 0.717) is 12.1 Å². The van der Waals surface area contributed by atoms with Crippen molar-refractivity contribution in [1.82, 2.24) is 5.32 Å². The summed E-state index contributed by atoms with van der Waals surface area (Å²) >= 11 is 1.57. The van der Waals surface area contributed by atoms with Crippen LogP contribution in [0.15, 0.2) is 29.2 Å². The highest BCUT2D eigenvalue weighted by Gasteiger charge is 2.11. The molecule has 1 rings (SSSR count). The van der Waals surface area contributed by atoms with Crippen LogP contribution in [0.3, 0.4) is 0 Å². The molecule has 1 atom stereocenters. The lowest BCUT2D eigenvalue weighted by Gasteiger charge is -2.12. The molecule has 1 amide bonds. The Bertz CT molecular complexity index is 347. The lowest BCUT2D eigenvalue weighted by atomic mass is 10.2. The minimum Gasteiger partial charge on any atom is -0.348 e. The number of nitrogens with two attached hydrogens (primary N) is 1. The summed E-state index contributed by atoms with van der Waals surface area (Å²) in [6.45, 7) is 2.34. The zero-order valence-corrected chi connectivity index (χ0v) is 11.0. The molecule has 0 bridgehead atoms. The monoisotopic (exact) mass is 260 g/mol. The summed E-state index contributed by atoms with van der Waals surface area (Å²) < 4.78 is 0. The van der Waals surface area contributed by atoms with Gasteiger partial charge in [-0.15, -0.1) is 24.2 Å². The van der Waals surface area contributed by atoms with Gasteiger partial charge < -0.3 is 11.1 Å². The normalized spacial score (nSPS) is 11.4. The first-order valence-electron chi connectivity index (χ1n) is 4.83. The van der Waals surface area contributed by atoms with Gasteiger partial charge in [0.1, 0.15) is 0 Å². The minimum atomic E-state index is -0.0575. The van der Waals surface area contributed by atoms with Crippen molar-refractivity contribution in [2.45, 2.75) is 17.9 Å². The molecule has 0 aromatic heterocycles. The second-order valence-corrected chi connectivity index (χ2v) is 4.16. The molecule has 0 spiro atoms. The summed E-state index contributed by atoms with van der Waals surface area (Å²) in [6.07, 6.45) is 1.96. The van der Waals surface area contributed by atoms with Crippen molar-refractivity contribution in [1.29, 1.82) is 0 Å². The van der Waals surface area contributed by atoms with Gasteiger partial charge >= 0.3 is 0 Å². The molecule has 0 heterocycles. The van der Waals surface area contributed by atoms with Crippen molar-refractivity contribution in [2.24, 2.45) is 5.73 Å². The van der Waals surface area contributed by atoms with Crippen LogP contribution in [0.4, 0.5) is 0 Å². The summed E-state index contributed by atoms with van der Waals surface area (Å²) in [5.41, 5.74) is 6.16. The van der Waals surface area contributed by atoms with E-state index in [1.54, 1.807) is 11.8 Å². The van der Waals surface area contributed by atoms with Crippen LogP contribution in [0.1, 0.15) is 17.3 Å². The molecule has 0 saturated heterocycles. The molecule has 90 valence electrons. The van der Waals surface area contributed by atoms with Crippen LogP contribution >= 0.6 is 24.2 Å². The number of nitrogens with one attached hydrogen (secondary N) is 1. The van der Waals surface area contributed by atoms with Gasteiger partial charge in [0.2, 0.25) is 0 Å². The number of carbonyl (C=O) groups excluding carboxylic acids is 1. The Morgan fingerprint density at radius 1 is 1.50 bits per heavy atom. The maximum atomic E-state index is 11.8. The highest BCUT2D eigenvalue weighted by molar-refractivity contribution is 7.98. The third kappa shape index (κ3) is 4.04. The van der Waals surface area contributed by atoms with E-state index < -0.39 is 0 Å². The SMILES string of the molecule is CSc1ccccc1C(=O)N[C@@H](C)CN.Cl. The van der Waals surface area contributed by atoms with E-state index in [4.69, 9.17) is 5.73 Å². The van der Waals surface area contributed by atoms with Gasteiger partial charge in [-0.2, -0.15) is 0 Å². The Balaban J connectivity index is 0.00000225. The second-order valence-electron chi connectivity index (χ2n) is 3.31. The quantitative estimate of drug-likeness (QED) is 0.813. The standard InChI is InChI=1S/C11H16N2OS.ClH/c1-8(7-12)13-11(14)9-5-3-4-6-10(9)15-2;/h3-6,8H,7,12H2,1-2H3,(H,13,14);1H/t8-;/m0./s1.